The Hall–Kier alpha value is -1.94. The van der Waals surface area contributed by atoms with E-state index in [4.69, 9.17) is 37.0 Å². The summed E-state index contributed by atoms with van der Waals surface area (Å²) in [6.07, 6.45) is 59.9. The summed E-state index contributed by atoms with van der Waals surface area (Å²) in [5, 5.41) is 10.6. The Morgan fingerprint density at radius 3 is 0.694 bits per heavy atom. The molecule has 0 aliphatic rings. The van der Waals surface area contributed by atoms with Crippen molar-refractivity contribution in [1.29, 1.82) is 0 Å². The molecule has 0 amide bonds. The average molecular weight is 1440 g/mol. The lowest BCUT2D eigenvalue weighted by Crippen LogP contribution is -2.30. The van der Waals surface area contributed by atoms with E-state index in [0.717, 1.165) is 102 Å². The summed E-state index contributed by atoms with van der Waals surface area (Å²) in [6, 6.07) is 0. The molecular formula is C79H154O17P2. The summed E-state index contributed by atoms with van der Waals surface area (Å²) in [5.41, 5.74) is 0. The van der Waals surface area contributed by atoms with Gasteiger partial charge >= 0.3 is 39.5 Å². The second-order valence-electron chi connectivity index (χ2n) is 29.4. The number of unbranched alkanes of at least 4 members (excludes halogenated alkanes) is 48. The molecule has 98 heavy (non-hydrogen) atoms. The molecule has 0 radical (unpaired) electrons. The smallest absolute Gasteiger partial charge is 0.462 e. The second kappa shape index (κ2) is 70.7. The van der Waals surface area contributed by atoms with E-state index >= 15 is 0 Å². The van der Waals surface area contributed by atoms with E-state index in [1.54, 1.807) is 0 Å². The lowest BCUT2D eigenvalue weighted by atomic mass is 10.0. The van der Waals surface area contributed by atoms with Gasteiger partial charge in [0.1, 0.15) is 19.3 Å². The van der Waals surface area contributed by atoms with Crippen LogP contribution in [0.4, 0.5) is 0 Å². The standard InChI is InChI=1S/C79H154O17P2/c1-7-9-11-13-15-17-19-21-22-23-24-25-26-27-32-36-40-44-52-58-64-79(84)95-74(67-89-76(81)61-55-49-42-38-35-31-29-28-30-33-37-41-47-53-59-71(3)4)69-93-97(85,86)91-65-73(80)66-92-98(87,88)94-70-75(68-90-77(82)62-56-50-46-45-48-54-60-72(5)6)96-78(83)63-57-51-43-39-34-20-18-16-14-12-10-8-2/h71-75,80H,7-70H2,1-6H3,(H,85,86)(H,87,88)/t73-,74-,75-/m1/s1. The first-order chi connectivity index (χ1) is 47.4. The predicted octanol–water partition coefficient (Wildman–Crippen LogP) is 23.5. The lowest BCUT2D eigenvalue weighted by Gasteiger charge is -2.21. The van der Waals surface area contributed by atoms with Crippen LogP contribution in [0, 0.1) is 11.8 Å². The molecule has 0 bridgehead atoms. The third-order valence-corrected chi connectivity index (χ3v) is 20.4. The van der Waals surface area contributed by atoms with E-state index < -0.39 is 97.5 Å². The predicted molar refractivity (Wildman–Crippen MR) is 400 cm³/mol. The Bertz CT molecular complexity index is 1890. The minimum absolute atomic E-state index is 0.106. The fourth-order valence-electron chi connectivity index (χ4n) is 12.2. The van der Waals surface area contributed by atoms with Crippen LogP contribution in [0.3, 0.4) is 0 Å². The maximum atomic E-state index is 13.1. The van der Waals surface area contributed by atoms with Gasteiger partial charge in [0.15, 0.2) is 12.2 Å². The molecule has 0 rings (SSSR count). The molecule has 0 fully saturated rings. The summed E-state index contributed by atoms with van der Waals surface area (Å²) in [6.45, 7) is 9.56. The first-order valence-corrected chi connectivity index (χ1v) is 44.0. The molecule has 0 aromatic rings. The Morgan fingerprint density at radius 2 is 0.469 bits per heavy atom. The van der Waals surface area contributed by atoms with Crippen LogP contribution in [0.5, 0.6) is 0 Å². The first-order valence-electron chi connectivity index (χ1n) is 41.0. The van der Waals surface area contributed by atoms with Gasteiger partial charge in [0.2, 0.25) is 0 Å². The molecule has 0 aromatic heterocycles. The van der Waals surface area contributed by atoms with Crippen LogP contribution < -0.4 is 0 Å². The molecule has 0 saturated heterocycles. The molecule has 2 unspecified atom stereocenters. The van der Waals surface area contributed by atoms with E-state index in [-0.39, 0.29) is 25.7 Å². The van der Waals surface area contributed by atoms with Gasteiger partial charge in [-0.2, -0.15) is 0 Å². The molecule has 19 heteroatoms. The van der Waals surface area contributed by atoms with Crippen LogP contribution in [-0.2, 0) is 65.4 Å². The number of hydrogen-bond donors (Lipinski definition) is 3. The van der Waals surface area contributed by atoms with Gasteiger partial charge in [-0.1, -0.05) is 363 Å². The van der Waals surface area contributed by atoms with Crippen molar-refractivity contribution in [1.82, 2.24) is 0 Å². The van der Waals surface area contributed by atoms with Crippen molar-refractivity contribution in [2.24, 2.45) is 11.8 Å². The van der Waals surface area contributed by atoms with Crippen LogP contribution in [0.15, 0.2) is 0 Å². The van der Waals surface area contributed by atoms with Gasteiger partial charge in [-0.3, -0.25) is 37.3 Å². The van der Waals surface area contributed by atoms with Crippen LogP contribution in [-0.4, -0.2) is 96.7 Å². The number of esters is 4. The average Bonchev–Trinajstić information content (AvgIpc) is 1.15. The third kappa shape index (κ3) is 72.4. The highest BCUT2D eigenvalue weighted by molar-refractivity contribution is 7.47. The molecule has 582 valence electrons. The van der Waals surface area contributed by atoms with Crippen LogP contribution in [0.25, 0.3) is 0 Å². The third-order valence-electron chi connectivity index (χ3n) is 18.5. The van der Waals surface area contributed by atoms with Crippen molar-refractivity contribution < 1.29 is 80.2 Å². The number of rotatable bonds is 78. The molecule has 0 spiro atoms. The number of aliphatic hydroxyl groups is 1. The quantitative estimate of drug-likeness (QED) is 0.0222. The molecule has 0 aliphatic carbocycles. The van der Waals surface area contributed by atoms with Gasteiger partial charge in [-0.15, -0.1) is 0 Å². The summed E-state index contributed by atoms with van der Waals surface area (Å²) < 4.78 is 68.6. The van der Waals surface area contributed by atoms with E-state index in [2.05, 4.69) is 41.5 Å². The summed E-state index contributed by atoms with van der Waals surface area (Å²) in [5.74, 6) is -0.634. The molecule has 0 heterocycles. The number of carbonyl (C=O) groups is 4. The van der Waals surface area contributed by atoms with Gasteiger partial charge in [0, 0.05) is 25.7 Å². The fourth-order valence-corrected chi connectivity index (χ4v) is 13.8. The minimum atomic E-state index is -4.96. The van der Waals surface area contributed by atoms with Crippen LogP contribution in [0.2, 0.25) is 0 Å². The summed E-state index contributed by atoms with van der Waals surface area (Å²) in [7, 11) is -9.91. The van der Waals surface area contributed by atoms with Crippen LogP contribution >= 0.6 is 15.6 Å². The number of ether oxygens (including phenoxy) is 4. The van der Waals surface area contributed by atoms with Crippen molar-refractivity contribution in [3.63, 3.8) is 0 Å². The Labute approximate surface area is 600 Å². The first kappa shape index (κ1) is 96.1. The molecule has 5 atom stereocenters. The van der Waals surface area contributed by atoms with E-state index in [0.29, 0.717) is 31.6 Å². The van der Waals surface area contributed by atoms with Crippen molar-refractivity contribution in [3.8, 4) is 0 Å². The van der Waals surface area contributed by atoms with Gasteiger partial charge in [-0.25, -0.2) is 9.13 Å². The van der Waals surface area contributed by atoms with Crippen molar-refractivity contribution in [2.75, 3.05) is 39.6 Å². The van der Waals surface area contributed by atoms with Gasteiger partial charge in [0.05, 0.1) is 26.4 Å². The molecule has 3 N–H and O–H groups in total. The normalized spacial score (nSPS) is 13.9. The highest BCUT2D eigenvalue weighted by atomic mass is 31.2. The Kier molecular flexibility index (Phi) is 69.3. The Balaban J connectivity index is 5.21. The van der Waals surface area contributed by atoms with E-state index in [1.165, 1.54) is 225 Å². The molecule has 0 aromatic carbocycles. The zero-order valence-electron chi connectivity index (χ0n) is 64.1. The summed E-state index contributed by atoms with van der Waals surface area (Å²) >= 11 is 0. The SMILES string of the molecule is CCCCCCCCCCCCCCCCCCCCCCC(=O)O[C@H](COC(=O)CCCCCCCCCCCCCCCCC(C)C)COP(=O)(O)OC[C@@H](O)COP(=O)(O)OC[C@@H](COC(=O)CCCCCCCCC(C)C)OC(=O)CCCCCCCCCCCCCC. The maximum Gasteiger partial charge on any atom is 0.472 e. The van der Waals surface area contributed by atoms with Gasteiger partial charge in [0.25, 0.3) is 0 Å². The highest BCUT2D eigenvalue weighted by Gasteiger charge is 2.30. The summed E-state index contributed by atoms with van der Waals surface area (Å²) in [4.78, 5) is 72.9. The number of aliphatic hydroxyl groups excluding tert-OH is 1. The Morgan fingerprint density at radius 1 is 0.276 bits per heavy atom. The van der Waals surface area contributed by atoms with Crippen molar-refractivity contribution in [3.05, 3.63) is 0 Å². The maximum absolute atomic E-state index is 13.1. The fraction of sp³-hybridized carbons (Fsp3) is 0.949. The van der Waals surface area contributed by atoms with Crippen molar-refractivity contribution >= 4 is 39.5 Å². The molecule has 0 saturated carbocycles. The van der Waals surface area contributed by atoms with E-state index in [1.807, 2.05) is 0 Å². The highest BCUT2D eigenvalue weighted by Crippen LogP contribution is 2.45. The molecule has 17 nitrogen and oxygen atoms in total. The van der Waals surface area contributed by atoms with Crippen LogP contribution in [0.1, 0.15) is 414 Å². The zero-order valence-corrected chi connectivity index (χ0v) is 65.9. The van der Waals surface area contributed by atoms with Crippen molar-refractivity contribution in [2.45, 2.75) is 432 Å². The van der Waals surface area contributed by atoms with Gasteiger partial charge in [-0.05, 0) is 37.5 Å². The monoisotopic (exact) mass is 1440 g/mol. The van der Waals surface area contributed by atoms with E-state index in [9.17, 15) is 43.2 Å². The molecule has 0 aliphatic heterocycles. The largest absolute Gasteiger partial charge is 0.472 e. The topological polar surface area (TPSA) is 237 Å². The minimum Gasteiger partial charge on any atom is -0.462 e. The lowest BCUT2D eigenvalue weighted by molar-refractivity contribution is -0.161. The van der Waals surface area contributed by atoms with Gasteiger partial charge < -0.3 is 33.8 Å². The number of phosphoric acid groups is 2. The number of carbonyl (C=O) groups excluding carboxylic acids is 4. The number of phosphoric ester groups is 2. The number of hydrogen-bond acceptors (Lipinski definition) is 15. The zero-order chi connectivity index (χ0) is 72.1. The second-order valence-corrected chi connectivity index (χ2v) is 32.3. The molecular weight excluding hydrogens is 1280 g/mol.